The number of benzene rings is 2. The van der Waals surface area contributed by atoms with Gasteiger partial charge in [0.25, 0.3) is 0 Å². The minimum atomic E-state index is -0.511. The van der Waals surface area contributed by atoms with Crippen LogP contribution < -0.4 is 0 Å². The molecule has 5 heteroatoms. The van der Waals surface area contributed by atoms with E-state index in [4.69, 9.17) is 9.47 Å². The highest BCUT2D eigenvalue weighted by atomic mass is 16.6. The Morgan fingerprint density at radius 3 is 1.60 bits per heavy atom. The van der Waals surface area contributed by atoms with Crippen molar-refractivity contribution in [2.45, 2.75) is 52.7 Å². The van der Waals surface area contributed by atoms with Gasteiger partial charge in [-0.2, -0.15) is 0 Å². The molecule has 0 saturated heterocycles. The van der Waals surface area contributed by atoms with Gasteiger partial charge in [0.1, 0.15) is 11.2 Å². The predicted molar refractivity (Wildman–Crippen MR) is 141 cm³/mol. The standard InChI is InChI=1S/C30H33NO4/c1-29(2,3)34-27(32)19-13-22-9-15-24(16-10-22)26-8-7-21-31(26)25-17-11-23(12-18-25)14-20-28(33)35-30(4,5)6/h7-21H,1-6H3. The lowest BCUT2D eigenvalue weighted by Crippen LogP contribution is -2.22. The average molecular weight is 472 g/mol. The minimum Gasteiger partial charge on any atom is -0.457 e. The van der Waals surface area contributed by atoms with E-state index in [1.54, 1.807) is 12.2 Å². The highest BCUT2D eigenvalue weighted by Gasteiger charge is 2.14. The molecule has 35 heavy (non-hydrogen) atoms. The number of nitrogens with zero attached hydrogens (tertiary/aromatic N) is 1. The molecule has 0 radical (unpaired) electrons. The van der Waals surface area contributed by atoms with Crippen molar-refractivity contribution in [2.75, 3.05) is 0 Å². The number of rotatable bonds is 6. The third kappa shape index (κ3) is 8.14. The number of carbonyl (C=O) groups is 2. The fraction of sp³-hybridized carbons (Fsp3) is 0.267. The molecule has 0 fully saturated rings. The Balaban J connectivity index is 1.71. The number of carbonyl (C=O) groups excluding carboxylic acids is 2. The molecule has 3 rings (SSSR count). The summed E-state index contributed by atoms with van der Waals surface area (Å²) < 4.78 is 12.7. The lowest BCUT2D eigenvalue weighted by molar-refractivity contribution is -0.149. The van der Waals surface area contributed by atoms with Crippen molar-refractivity contribution in [1.82, 2.24) is 4.57 Å². The third-order valence-corrected chi connectivity index (χ3v) is 4.76. The summed E-state index contributed by atoms with van der Waals surface area (Å²) in [5.74, 6) is -0.724. The fourth-order valence-electron chi connectivity index (χ4n) is 3.35. The summed E-state index contributed by atoms with van der Waals surface area (Å²) in [6.45, 7) is 11.1. The van der Waals surface area contributed by atoms with Crippen LogP contribution in [0.1, 0.15) is 52.7 Å². The predicted octanol–water partition coefficient (Wildman–Crippen LogP) is 6.85. The monoisotopic (exact) mass is 471 g/mol. The largest absolute Gasteiger partial charge is 0.457 e. The van der Waals surface area contributed by atoms with Gasteiger partial charge in [-0.15, -0.1) is 0 Å². The molecule has 1 heterocycles. The first-order valence-corrected chi connectivity index (χ1v) is 11.6. The Morgan fingerprint density at radius 2 is 1.14 bits per heavy atom. The van der Waals surface area contributed by atoms with Crippen molar-refractivity contribution in [1.29, 1.82) is 0 Å². The van der Waals surface area contributed by atoms with Crippen LogP contribution in [0.2, 0.25) is 0 Å². The molecule has 2 aromatic carbocycles. The summed E-state index contributed by atoms with van der Waals surface area (Å²) in [5.41, 5.74) is 3.91. The normalized spacial score (nSPS) is 12.3. The SMILES string of the molecule is CC(C)(C)OC(=O)C=Cc1ccc(-c2cccn2-c2ccc(C=CC(=O)OC(C)(C)C)cc2)cc1. The number of esters is 2. The van der Waals surface area contributed by atoms with E-state index < -0.39 is 11.2 Å². The molecule has 1 aromatic heterocycles. The Labute approximate surface area is 207 Å². The maximum absolute atomic E-state index is 11.9. The molecule has 0 atom stereocenters. The van der Waals surface area contributed by atoms with E-state index in [9.17, 15) is 9.59 Å². The lowest BCUT2D eigenvalue weighted by Gasteiger charge is -2.17. The van der Waals surface area contributed by atoms with Crippen molar-refractivity contribution in [2.24, 2.45) is 0 Å². The Kier molecular flexibility index (Phi) is 7.80. The smallest absolute Gasteiger partial charge is 0.331 e. The van der Waals surface area contributed by atoms with Gasteiger partial charge >= 0.3 is 11.9 Å². The van der Waals surface area contributed by atoms with E-state index in [2.05, 4.69) is 10.6 Å². The van der Waals surface area contributed by atoms with Crippen molar-refractivity contribution in [3.8, 4) is 16.9 Å². The quantitative estimate of drug-likeness (QED) is 0.291. The lowest BCUT2D eigenvalue weighted by atomic mass is 10.1. The van der Waals surface area contributed by atoms with Crippen LogP contribution in [0.5, 0.6) is 0 Å². The van der Waals surface area contributed by atoms with E-state index >= 15 is 0 Å². The zero-order chi connectivity index (χ0) is 25.6. The second-order valence-electron chi connectivity index (χ2n) is 10.2. The van der Waals surface area contributed by atoms with Gasteiger partial charge in [-0.1, -0.05) is 36.4 Å². The van der Waals surface area contributed by atoms with Crippen molar-refractivity contribution < 1.29 is 19.1 Å². The average Bonchev–Trinajstić information content (AvgIpc) is 3.24. The van der Waals surface area contributed by atoms with Crippen LogP contribution in [0.4, 0.5) is 0 Å². The van der Waals surface area contributed by atoms with Gasteiger partial charge in [0.15, 0.2) is 0 Å². The summed E-state index contributed by atoms with van der Waals surface area (Å²) in [5, 5.41) is 0. The second kappa shape index (κ2) is 10.6. The first-order chi connectivity index (χ1) is 16.4. The molecule has 0 aliphatic carbocycles. The molecule has 182 valence electrons. The fourth-order valence-corrected chi connectivity index (χ4v) is 3.35. The second-order valence-corrected chi connectivity index (χ2v) is 10.2. The highest BCUT2D eigenvalue weighted by molar-refractivity contribution is 5.88. The van der Waals surface area contributed by atoms with E-state index in [-0.39, 0.29) is 11.9 Å². The van der Waals surface area contributed by atoms with Crippen molar-refractivity contribution >= 4 is 24.1 Å². The summed E-state index contributed by atoms with van der Waals surface area (Å²) in [6.07, 6.45) is 8.40. The molecule has 3 aromatic rings. The Bertz CT molecular complexity index is 1120. The minimum absolute atomic E-state index is 0.361. The third-order valence-electron chi connectivity index (χ3n) is 4.76. The molecule has 0 aliphatic rings. The topological polar surface area (TPSA) is 57.5 Å². The van der Waals surface area contributed by atoms with E-state index in [1.165, 1.54) is 12.2 Å². The zero-order valence-corrected chi connectivity index (χ0v) is 21.2. The zero-order valence-electron chi connectivity index (χ0n) is 21.2. The van der Waals surface area contributed by atoms with Crippen LogP contribution in [0.15, 0.2) is 79.0 Å². The molecule has 0 saturated carbocycles. The number of aromatic nitrogens is 1. The Hall–Kier alpha value is -3.86. The van der Waals surface area contributed by atoms with Crippen LogP contribution in [0, 0.1) is 0 Å². The van der Waals surface area contributed by atoms with Crippen LogP contribution in [-0.4, -0.2) is 27.7 Å². The van der Waals surface area contributed by atoms with E-state index in [0.29, 0.717) is 0 Å². The van der Waals surface area contributed by atoms with Gasteiger partial charge in [0.2, 0.25) is 0 Å². The maximum Gasteiger partial charge on any atom is 0.331 e. The van der Waals surface area contributed by atoms with Gasteiger partial charge in [-0.05, 0) is 94.7 Å². The van der Waals surface area contributed by atoms with Gasteiger partial charge in [0.05, 0.1) is 5.69 Å². The van der Waals surface area contributed by atoms with Crippen molar-refractivity contribution in [3.63, 3.8) is 0 Å². The van der Waals surface area contributed by atoms with Gasteiger partial charge in [-0.3, -0.25) is 0 Å². The molecule has 0 aliphatic heterocycles. The van der Waals surface area contributed by atoms with E-state index in [0.717, 1.165) is 28.1 Å². The molecule has 0 amide bonds. The van der Waals surface area contributed by atoms with Gasteiger partial charge in [0, 0.05) is 24.0 Å². The Morgan fingerprint density at radius 1 is 0.686 bits per heavy atom. The van der Waals surface area contributed by atoms with E-state index in [1.807, 2.05) is 102 Å². The first kappa shape index (κ1) is 25.8. The molecule has 0 spiro atoms. The maximum atomic E-state index is 11.9. The molecule has 0 N–H and O–H groups in total. The first-order valence-electron chi connectivity index (χ1n) is 11.6. The van der Waals surface area contributed by atoms with Gasteiger partial charge in [-0.25, -0.2) is 9.59 Å². The van der Waals surface area contributed by atoms with Gasteiger partial charge < -0.3 is 14.0 Å². The molecule has 0 unspecified atom stereocenters. The van der Waals surface area contributed by atoms with Crippen LogP contribution >= 0.6 is 0 Å². The number of ether oxygens (including phenoxy) is 2. The highest BCUT2D eigenvalue weighted by Crippen LogP contribution is 2.25. The van der Waals surface area contributed by atoms with Crippen LogP contribution in [-0.2, 0) is 19.1 Å². The van der Waals surface area contributed by atoms with Crippen molar-refractivity contribution in [3.05, 3.63) is 90.1 Å². The molecular formula is C30H33NO4. The summed E-state index contributed by atoms with van der Waals surface area (Å²) in [6, 6.07) is 20.0. The number of hydrogen-bond donors (Lipinski definition) is 0. The summed E-state index contributed by atoms with van der Waals surface area (Å²) in [4.78, 5) is 23.8. The van der Waals surface area contributed by atoms with Crippen LogP contribution in [0.25, 0.3) is 29.1 Å². The molecule has 0 bridgehead atoms. The molecule has 5 nitrogen and oxygen atoms in total. The molecular weight excluding hydrogens is 438 g/mol. The number of hydrogen-bond acceptors (Lipinski definition) is 4. The van der Waals surface area contributed by atoms with Crippen LogP contribution in [0.3, 0.4) is 0 Å². The summed E-state index contributed by atoms with van der Waals surface area (Å²) in [7, 11) is 0. The summed E-state index contributed by atoms with van der Waals surface area (Å²) >= 11 is 0.